The molecule has 1 amide bonds. The lowest BCUT2D eigenvalue weighted by molar-refractivity contribution is -0.143. The number of amides is 1. The molecule has 6 nitrogen and oxygen atoms in total. The molecule has 0 radical (unpaired) electrons. The monoisotopic (exact) mass is 1170 g/mol. The molecule has 0 bridgehead atoms. The molecule has 0 rings (SSSR count). The lowest BCUT2D eigenvalue weighted by Gasteiger charge is -2.22. The lowest BCUT2D eigenvalue weighted by atomic mass is 10.0. The van der Waals surface area contributed by atoms with Gasteiger partial charge >= 0.3 is 5.97 Å². The Kier molecular flexibility index (Phi) is 71.4. The van der Waals surface area contributed by atoms with Crippen LogP contribution in [0.25, 0.3) is 0 Å². The Morgan fingerprint density at radius 2 is 0.566 bits per heavy atom. The Labute approximate surface area is 520 Å². The highest BCUT2D eigenvalue weighted by Gasteiger charge is 2.20. The van der Waals surface area contributed by atoms with E-state index < -0.39 is 12.1 Å². The van der Waals surface area contributed by atoms with Gasteiger partial charge in [0.25, 0.3) is 0 Å². The summed E-state index contributed by atoms with van der Waals surface area (Å²) in [6.45, 7) is 4.98. The third kappa shape index (κ3) is 69.3. The van der Waals surface area contributed by atoms with Crippen molar-refractivity contribution in [3.63, 3.8) is 0 Å². The number of allylic oxidation sites excluding steroid dienone is 4. The largest absolute Gasteiger partial charge is 0.466 e. The minimum Gasteiger partial charge on any atom is -0.466 e. The summed E-state index contributed by atoms with van der Waals surface area (Å²) >= 11 is 0. The molecule has 0 spiro atoms. The summed E-state index contributed by atoms with van der Waals surface area (Å²) in [5, 5.41) is 23.3. The topological polar surface area (TPSA) is 95.9 Å². The van der Waals surface area contributed by atoms with Crippen molar-refractivity contribution in [3.05, 3.63) is 24.3 Å². The smallest absolute Gasteiger partial charge is 0.305 e. The van der Waals surface area contributed by atoms with Crippen molar-refractivity contribution in [3.8, 4) is 0 Å². The quantitative estimate of drug-likeness (QED) is 0.0320. The fourth-order valence-electron chi connectivity index (χ4n) is 12.2. The maximum absolute atomic E-state index is 12.5. The summed E-state index contributed by atoms with van der Waals surface area (Å²) in [4.78, 5) is 24.6. The molecule has 0 aliphatic carbocycles. The minimum atomic E-state index is -0.660. The van der Waals surface area contributed by atoms with Crippen molar-refractivity contribution < 1.29 is 24.5 Å². The first kappa shape index (κ1) is 81.3. The van der Waals surface area contributed by atoms with Gasteiger partial charge in [-0.15, -0.1) is 0 Å². The van der Waals surface area contributed by atoms with E-state index in [2.05, 4.69) is 43.5 Å². The minimum absolute atomic E-state index is 0.0206. The summed E-state index contributed by atoms with van der Waals surface area (Å²) in [6.07, 6.45) is 92.7. The van der Waals surface area contributed by atoms with Crippen molar-refractivity contribution in [1.29, 1.82) is 0 Å². The first-order valence-electron chi connectivity index (χ1n) is 38.1. The number of carbonyl (C=O) groups excluding carboxylic acids is 2. The van der Waals surface area contributed by atoms with E-state index in [9.17, 15) is 19.8 Å². The van der Waals surface area contributed by atoms with Crippen LogP contribution in [0.15, 0.2) is 24.3 Å². The molecule has 0 aromatic carbocycles. The molecule has 0 aromatic rings. The fraction of sp³-hybridized carbons (Fsp3) is 0.922. The normalized spacial score (nSPS) is 12.6. The van der Waals surface area contributed by atoms with Crippen LogP contribution in [-0.2, 0) is 14.3 Å². The van der Waals surface area contributed by atoms with Crippen molar-refractivity contribution in [2.75, 3.05) is 13.2 Å². The molecular formula is C77H149NO5. The van der Waals surface area contributed by atoms with E-state index in [1.807, 2.05) is 0 Å². The first-order chi connectivity index (χ1) is 41.0. The zero-order valence-corrected chi connectivity index (χ0v) is 56.5. The van der Waals surface area contributed by atoms with Crippen LogP contribution in [0.3, 0.4) is 0 Å². The molecule has 6 heteroatoms. The zero-order chi connectivity index (χ0) is 59.9. The first-order valence-corrected chi connectivity index (χ1v) is 38.1. The highest BCUT2D eigenvalue weighted by Crippen LogP contribution is 2.19. The van der Waals surface area contributed by atoms with E-state index in [4.69, 9.17) is 4.74 Å². The van der Waals surface area contributed by atoms with Crippen LogP contribution in [0, 0.1) is 0 Å². The summed E-state index contributed by atoms with van der Waals surface area (Å²) in [5.74, 6) is -0.00892. The van der Waals surface area contributed by atoms with Crippen LogP contribution < -0.4 is 5.32 Å². The molecular weight excluding hydrogens is 1020 g/mol. The van der Waals surface area contributed by atoms with Gasteiger partial charge in [0.15, 0.2) is 0 Å². The van der Waals surface area contributed by atoms with Gasteiger partial charge < -0.3 is 20.3 Å². The molecule has 3 N–H and O–H groups in total. The number of aliphatic hydroxyl groups is 2. The molecule has 0 aliphatic rings. The molecule has 2 atom stereocenters. The Hall–Kier alpha value is -1.66. The van der Waals surface area contributed by atoms with Crippen molar-refractivity contribution in [2.45, 2.75) is 443 Å². The molecule has 83 heavy (non-hydrogen) atoms. The number of rotatable bonds is 72. The number of aliphatic hydroxyl groups excluding tert-OH is 2. The average molecular weight is 1170 g/mol. The number of nitrogens with one attached hydrogen (secondary N) is 1. The van der Waals surface area contributed by atoms with E-state index in [0.717, 1.165) is 38.5 Å². The van der Waals surface area contributed by atoms with E-state index in [-0.39, 0.29) is 18.5 Å². The van der Waals surface area contributed by atoms with Gasteiger partial charge in [0.05, 0.1) is 25.4 Å². The van der Waals surface area contributed by atoms with E-state index in [1.54, 1.807) is 0 Å². The van der Waals surface area contributed by atoms with Gasteiger partial charge in [-0.3, -0.25) is 9.59 Å². The zero-order valence-electron chi connectivity index (χ0n) is 56.5. The SMILES string of the molecule is CCCCCCCC/C=C\CCCCCCCCCCCC(=O)OCCCCCCCCCCCCCCCC/C=C\CCCCCCCCCCCCCCCCCCCC(=O)NC(CO)C(O)CCCCCCCCCCCCCC. The molecule has 0 fully saturated rings. The predicted molar refractivity (Wildman–Crippen MR) is 366 cm³/mol. The molecule has 492 valence electrons. The number of ether oxygens (including phenoxy) is 1. The van der Waals surface area contributed by atoms with Crippen molar-refractivity contribution >= 4 is 11.9 Å². The maximum atomic E-state index is 12.5. The van der Waals surface area contributed by atoms with Crippen molar-refractivity contribution in [2.24, 2.45) is 0 Å². The molecule has 0 heterocycles. The third-order valence-electron chi connectivity index (χ3n) is 18.0. The number of esters is 1. The Morgan fingerprint density at radius 1 is 0.325 bits per heavy atom. The van der Waals surface area contributed by atoms with Crippen molar-refractivity contribution in [1.82, 2.24) is 5.32 Å². The summed E-state index contributed by atoms with van der Waals surface area (Å²) in [5.41, 5.74) is 0. The maximum Gasteiger partial charge on any atom is 0.305 e. The lowest BCUT2D eigenvalue weighted by Crippen LogP contribution is -2.45. The van der Waals surface area contributed by atoms with Gasteiger partial charge in [0.2, 0.25) is 5.91 Å². The van der Waals surface area contributed by atoms with Crippen LogP contribution >= 0.6 is 0 Å². The highest BCUT2D eigenvalue weighted by atomic mass is 16.5. The third-order valence-corrected chi connectivity index (χ3v) is 18.0. The highest BCUT2D eigenvalue weighted by molar-refractivity contribution is 5.76. The van der Waals surface area contributed by atoms with Gasteiger partial charge in [-0.2, -0.15) is 0 Å². The summed E-state index contributed by atoms with van der Waals surface area (Å²) in [7, 11) is 0. The predicted octanol–water partition coefficient (Wildman–Crippen LogP) is 24.9. The van der Waals surface area contributed by atoms with Crippen LogP contribution in [0.5, 0.6) is 0 Å². The molecule has 0 saturated heterocycles. The average Bonchev–Trinajstić information content (AvgIpc) is 3.49. The van der Waals surface area contributed by atoms with Crippen LogP contribution in [0.2, 0.25) is 0 Å². The fourth-order valence-corrected chi connectivity index (χ4v) is 12.2. The summed E-state index contributed by atoms with van der Waals surface area (Å²) in [6, 6.07) is -0.537. The standard InChI is InChI=1S/C77H149NO5/c1-3-5-7-9-11-13-15-17-18-19-37-41-44-47-51-55-59-63-67-71-77(82)83-72-68-64-60-56-52-48-45-42-39-36-34-32-30-28-26-24-22-20-21-23-25-27-29-31-33-35-38-40-43-46-50-54-58-62-66-70-76(81)78-74(73-79)75(80)69-65-61-57-53-49-16-14-12-10-8-6-4-2/h17-18,22,24,74-75,79-80H,3-16,19-21,23,25-73H2,1-2H3,(H,78,81)/b18-17-,24-22-. The van der Waals surface area contributed by atoms with Gasteiger partial charge in [-0.05, 0) is 77.0 Å². The number of hydrogen-bond donors (Lipinski definition) is 3. The number of hydrogen-bond acceptors (Lipinski definition) is 5. The van der Waals surface area contributed by atoms with Gasteiger partial charge in [0.1, 0.15) is 0 Å². The Bertz CT molecular complexity index is 1300. The molecule has 0 aliphatic heterocycles. The second-order valence-corrected chi connectivity index (χ2v) is 26.3. The second-order valence-electron chi connectivity index (χ2n) is 26.3. The summed E-state index contributed by atoms with van der Waals surface area (Å²) < 4.78 is 5.52. The van der Waals surface area contributed by atoms with Crippen LogP contribution in [-0.4, -0.2) is 47.4 Å². The van der Waals surface area contributed by atoms with E-state index in [1.165, 1.54) is 360 Å². The Morgan fingerprint density at radius 3 is 0.855 bits per heavy atom. The van der Waals surface area contributed by atoms with Gasteiger partial charge in [-0.25, -0.2) is 0 Å². The van der Waals surface area contributed by atoms with Crippen LogP contribution in [0.1, 0.15) is 431 Å². The molecule has 0 saturated carbocycles. The molecule has 2 unspecified atom stereocenters. The molecule has 0 aromatic heterocycles. The number of unbranched alkanes of at least 4 members (excludes halogenated alkanes) is 57. The Balaban J connectivity index is 3.31. The van der Waals surface area contributed by atoms with E-state index in [0.29, 0.717) is 25.9 Å². The van der Waals surface area contributed by atoms with Gasteiger partial charge in [0, 0.05) is 12.8 Å². The number of carbonyl (C=O) groups is 2. The van der Waals surface area contributed by atoms with Gasteiger partial charge in [-0.1, -0.05) is 366 Å². The van der Waals surface area contributed by atoms with Crippen LogP contribution in [0.4, 0.5) is 0 Å². The second kappa shape index (κ2) is 72.8. The van der Waals surface area contributed by atoms with E-state index >= 15 is 0 Å².